The summed E-state index contributed by atoms with van der Waals surface area (Å²) in [4.78, 5) is 12.3. The Morgan fingerprint density at radius 1 is 0.692 bits per heavy atom. The molecule has 4 nitrogen and oxygen atoms in total. The number of carbonyl (C=O) groups excluding carboxylic acids is 1. The monoisotopic (exact) mass is 364 g/mol. The number of rotatable bonds is 15. The minimum Gasteiger partial charge on any atom is -0.493 e. The Labute approximate surface area is 159 Å². The molecule has 0 saturated carbocycles. The highest BCUT2D eigenvalue weighted by molar-refractivity contribution is 5.90. The normalized spacial score (nSPS) is 10.6. The van der Waals surface area contributed by atoms with E-state index in [-0.39, 0.29) is 5.97 Å². The van der Waals surface area contributed by atoms with Crippen molar-refractivity contribution in [3.05, 3.63) is 23.8 Å². The highest BCUT2D eigenvalue weighted by Crippen LogP contribution is 2.24. The van der Waals surface area contributed by atoms with Crippen LogP contribution in [-0.4, -0.2) is 25.8 Å². The van der Waals surface area contributed by atoms with Crippen LogP contribution in [-0.2, 0) is 4.74 Å². The first-order valence-corrected chi connectivity index (χ1v) is 10.3. The molecule has 0 saturated heterocycles. The number of benzene rings is 1. The van der Waals surface area contributed by atoms with Crippen molar-refractivity contribution in [2.45, 2.75) is 78.6 Å². The van der Waals surface area contributed by atoms with Crippen LogP contribution in [0.2, 0.25) is 0 Å². The Morgan fingerprint density at radius 3 is 1.62 bits per heavy atom. The second-order valence-corrected chi connectivity index (χ2v) is 6.65. The van der Waals surface area contributed by atoms with Crippen LogP contribution in [0.25, 0.3) is 0 Å². The maximum Gasteiger partial charge on any atom is 0.338 e. The molecule has 1 rings (SSSR count). The van der Waals surface area contributed by atoms with E-state index >= 15 is 0 Å². The Balaban J connectivity index is 2.69. The van der Waals surface area contributed by atoms with E-state index in [4.69, 9.17) is 14.2 Å². The van der Waals surface area contributed by atoms with Crippen molar-refractivity contribution in [2.75, 3.05) is 19.8 Å². The van der Waals surface area contributed by atoms with Crippen molar-refractivity contribution in [3.8, 4) is 11.5 Å². The van der Waals surface area contributed by atoms with E-state index in [1.165, 1.54) is 0 Å². The van der Waals surface area contributed by atoms with Crippen molar-refractivity contribution < 1.29 is 19.0 Å². The van der Waals surface area contributed by atoms with Crippen molar-refractivity contribution in [1.82, 2.24) is 0 Å². The van der Waals surface area contributed by atoms with Gasteiger partial charge in [0.2, 0.25) is 0 Å². The quantitative estimate of drug-likeness (QED) is 0.276. The Morgan fingerprint density at radius 2 is 1.15 bits per heavy atom. The Hall–Kier alpha value is -1.71. The van der Waals surface area contributed by atoms with Gasteiger partial charge in [0.1, 0.15) is 11.5 Å². The summed E-state index contributed by atoms with van der Waals surface area (Å²) in [6.45, 7) is 8.22. The van der Waals surface area contributed by atoms with Gasteiger partial charge in [-0.15, -0.1) is 0 Å². The van der Waals surface area contributed by atoms with Crippen LogP contribution >= 0.6 is 0 Å². The molecule has 1 aromatic rings. The van der Waals surface area contributed by atoms with Crippen LogP contribution in [0.3, 0.4) is 0 Å². The van der Waals surface area contributed by atoms with Gasteiger partial charge in [-0.3, -0.25) is 0 Å². The van der Waals surface area contributed by atoms with Crippen molar-refractivity contribution in [3.63, 3.8) is 0 Å². The van der Waals surface area contributed by atoms with Gasteiger partial charge in [0.05, 0.1) is 25.4 Å². The summed E-state index contributed by atoms with van der Waals surface area (Å²) in [6.07, 6.45) is 9.67. The molecule has 26 heavy (non-hydrogen) atoms. The number of esters is 1. The molecular weight excluding hydrogens is 328 g/mol. The summed E-state index contributed by atoms with van der Waals surface area (Å²) in [6, 6.07) is 5.38. The fourth-order valence-electron chi connectivity index (χ4n) is 2.54. The fourth-order valence-corrected chi connectivity index (χ4v) is 2.54. The molecule has 0 aliphatic rings. The zero-order valence-electron chi connectivity index (χ0n) is 16.9. The number of carbonyl (C=O) groups is 1. The summed E-state index contributed by atoms with van der Waals surface area (Å²) in [5.74, 6) is 1.04. The summed E-state index contributed by atoms with van der Waals surface area (Å²) >= 11 is 0. The van der Waals surface area contributed by atoms with Crippen LogP contribution in [0.5, 0.6) is 11.5 Å². The van der Waals surface area contributed by atoms with Crippen LogP contribution in [0, 0.1) is 0 Å². The third-order valence-electron chi connectivity index (χ3n) is 4.13. The van der Waals surface area contributed by atoms with Gasteiger partial charge < -0.3 is 14.2 Å². The first kappa shape index (κ1) is 22.3. The second-order valence-electron chi connectivity index (χ2n) is 6.65. The van der Waals surface area contributed by atoms with E-state index < -0.39 is 0 Å². The standard InChI is InChI=1S/C22H36O4/c1-4-7-10-13-24-20-16-19(22(23)26-15-12-9-6-3)17-21(18-20)25-14-11-8-5-2/h16-18H,4-15H2,1-3H3. The van der Waals surface area contributed by atoms with Crippen LogP contribution in [0.4, 0.5) is 0 Å². The predicted molar refractivity (Wildman–Crippen MR) is 106 cm³/mol. The molecule has 0 aliphatic heterocycles. The summed E-state index contributed by atoms with van der Waals surface area (Å²) < 4.78 is 17.0. The second kappa shape index (κ2) is 14.5. The lowest BCUT2D eigenvalue weighted by atomic mass is 10.2. The van der Waals surface area contributed by atoms with Gasteiger partial charge in [-0.05, 0) is 31.4 Å². The summed E-state index contributed by atoms with van der Waals surface area (Å²) in [5, 5.41) is 0. The highest BCUT2D eigenvalue weighted by Gasteiger charge is 2.12. The molecular formula is C22H36O4. The van der Waals surface area contributed by atoms with Crippen molar-refractivity contribution in [1.29, 1.82) is 0 Å². The molecule has 0 fully saturated rings. The molecule has 1 aromatic carbocycles. The lowest BCUT2D eigenvalue weighted by Gasteiger charge is -2.12. The Bertz CT molecular complexity index is 469. The van der Waals surface area contributed by atoms with E-state index in [0.717, 1.165) is 57.8 Å². The van der Waals surface area contributed by atoms with Crippen molar-refractivity contribution >= 4 is 5.97 Å². The molecule has 0 bridgehead atoms. The number of hydrogen-bond acceptors (Lipinski definition) is 4. The molecule has 0 N–H and O–H groups in total. The predicted octanol–water partition coefficient (Wildman–Crippen LogP) is 6.17. The van der Waals surface area contributed by atoms with Gasteiger partial charge in [0.15, 0.2) is 0 Å². The number of hydrogen-bond donors (Lipinski definition) is 0. The van der Waals surface area contributed by atoms with E-state index in [9.17, 15) is 4.79 Å². The SMILES string of the molecule is CCCCCOC(=O)c1cc(OCCCCC)cc(OCCCCC)c1. The largest absolute Gasteiger partial charge is 0.493 e. The first-order chi connectivity index (χ1) is 12.7. The van der Waals surface area contributed by atoms with E-state index in [0.29, 0.717) is 36.9 Å². The lowest BCUT2D eigenvalue weighted by Crippen LogP contribution is -2.08. The average Bonchev–Trinajstić information content (AvgIpc) is 2.65. The topological polar surface area (TPSA) is 44.8 Å². The maximum atomic E-state index is 12.3. The molecule has 0 radical (unpaired) electrons. The fraction of sp³-hybridized carbons (Fsp3) is 0.682. The summed E-state index contributed by atoms with van der Waals surface area (Å²) in [5.41, 5.74) is 0.500. The molecule has 0 aromatic heterocycles. The van der Waals surface area contributed by atoms with Gasteiger partial charge in [0, 0.05) is 6.07 Å². The number of ether oxygens (including phenoxy) is 3. The lowest BCUT2D eigenvalue weighted by molar-refractivity contribution is 0.0497. The van der Waals surface area contributed by atoms with Crippen LogP contribution in [0.1, 0.15) is 88.9 Å². The molecule has 148 valence electrons. The van der Waals surface area contributed by atoms with E-state index in [2.05, 4.69) is 20.8 Å². The van der Waals surface area contributed by atoms with Gasteiger partial charge in [0.25, 0.3) is 0 Å². The molecule has 0 spiro atoms. The zero-order chi connectivity index (χ0) is 19.0. The molecule has 0 heterocycles. The molecule has 0 atom stereocenters. The van der Waals surface area contributed by atoms with Gasteiger partial charge in [-0.1, -0.05) is 59.3 Å². The first-order valence-electron chi connectivity index (χ1n) is 10.3. The van der Waals surface area contributed by atoms with E-state index in [1.54, 1.807) is 12.1 Å². The average molecular weight is 365 g/mol. The van der Waals surface area contributed by atoms with Gasteiger partial charge in [-0.25, -0.2) is 4.79 Å². The molecule has 4 heteroatoms. The van der Waals surface area contributed by atoms with Gasteiger partial charge in [-0.2, -0.15) is 0 Å². The van der Waals surface area contributed by atoms with Crippen LogP contribution in [0.15, 0.2) is 18.2 Å². The minimum atomic E-state index is -0.307. The van der Waals surface area contributed by atoms with Crippen LogP contribution < -0.4 is 9.47 Å². The molecule has 0 unspecified atom stereocenters. The molecule has 0 aliphatic carbocycles. The zero-order valence-corrected chi connectivity index (χ0v) is 16.9. The summed E-state index contributed by atoms with van der Waals surface area (Å²) in [7, 11) is 0. The molecule has 0 amide bonds. The minimum absolute atomic E-state index is 0.307. The number of unbranched alkanes of at least 4 members (excludes halogenated alkanes) is 6. The highest BCUT2D eigenvalue weighted by atomic mass is 16.5. The van der Waals surface area contributed by atoms with Gasteiger partial charge >= 0.3 is 5.97 Å². The maximum absolute atomic E-state index is 12.3. The smallest absolute Gasteiger partial charge is 0.338 e. The third-order valence-corrected chi connectivity index (χ3v) is 4.13. The van der Waals surface area contributed by atoms with E-state index in [1.807, 2.05) is 6.07 Å². The third kappa shape index (κ3) is 9.69. The van der Waals surface area contributed by atoms with Crippen molar-refractivity contribution in [2.24, 2.45) is 0 Å². The Kier molecular flexibility index (Phi) is 12.4.